The first-order valence-corrected chi connectivity index (χ1v) is 13.3. The van der Waals surface area contributed by atoms with Gasteiger partial charge in [0.05, 0.1) is 12.5 Å². The zero-order chi connectivity index (χ0) is 29.9. The van der Waals surface area contributed by atoms with Crippen LogP contribution in [0.15, 0.2) is 0 Å². The number of nitrogens with zero attached hydrogens (tertiary/aromatic N) is 1. The molecular weight excluding hydrogens is 532 g/mol. The van der Waals surface area contributed by atoms with Gasteiger partial charge >= 0.3 is 0 Å². The number of rotatable bonds is 16. The molecule has 11 N–H and O–H groups in total. The molecule has 6 atom stereocenters. The molecule has 1 fully saturated rings. The van der Waals surface area contributed by atoms with Crippen LogP contribution in [-0.2, 0) is 33.6 Å². The van der Waals surface area contributed by atoms with Gasteiger partial charge in [-0.2, -0.15) is 12.6 Å². The molecule has 0 radical (unpaired) electrons. The molecule has 0 unspecified atom stereocenters. The lowest BCUT2D eigenvalue weighted by Crippen LogP contribution is -2.59. The Morgan fingerprint density at radius 2 is 1.46 bits per heavy atom. The van der Waals surface area contributed by atoms with E-state index in [1.165, 1.54) is 4.90 Å². The third-order valence-corrected chi connectivity index (χ3v) is 6.94. The van der Waals surface area contributed by atoms with Gasteiger partial charge in [0.1, 0.15) is 24.2 Å². The number of primary amides is 3. The van der Waals surface area contributed by atoms with E-state index in [2.05, 4.69) is 28.6 Å². The molecule has 0 aromatic rings. The quantitative estimate of drug-likeness (QED) is 0.0853. The van der Waals surface area contributed by atoms with Gasteiger partial charge in [-0.3, -0.25) is 33.6 Å². The zero-order valence-electron chi connectivity index (χ0n) is 22.2. The van der Waals surface area contributed by atoms with Crippen LogP contribution < -0.4 is 38.9 Å². The van der Waals surface area contributed by atoms with Crippen LogP contribution in [0.25, 0.3) is 0 Å². The molecule has 0 spiro atoms. The van der Waals surface area contributed by atoms with Crippen molar-refractivity contribution in [2.75, 3.05) is 12.3 Å². The molecule has 220 valence electrons. The molecule has 15 nitrogen and oxygen atoms in total. The minimum atomic E-state index is -1.54. The molecule has 0 aromatic heterocycles. The van der Waals surface area contributed by atoms with Crippen molar-refractivity contribution in [1.82, 2.24) is 20.9 Å². The van der Waals surface area contributed by atoms with E-state index in [1.807, 2.05) is 6.92 Å². The van der Waals surface area contributed by atoms with E-state index < -0.39 is 78.0 Å². The first kappa shape index (κ1) is 33.6. The Bertz CT molecular complexity index is 949. The van der Waals surface area contributed by atoms with Crippen molar-refractivity contribution in [2.45, 2.75) is 82.6 Å². The first-order valence-electron chi connectivity index (χ1n) is 12.7. The number of nitrogens with two attached hydrogens (primary N) is 4. The van der Waals surface area contributed by atoms with Gasteiger partial charge < -0.3 is 43.8 Å². The molecule has 1 rings (SSSR count). The van der Waals surface area contributed by atoms with Crippen molar-refractivity contribution in [3.63, 3.8) is 0 Å². The minimum absolute atomic E-state index is 0.158. The summed E-state index contributed by atoms with van der Waals surface area (Å²) in [5.74, 6) is -5.80. The second-order valence-electron chi connectivity index (χ2n) is 9.54. The van der Waals surface area contributed by atoms with Gasteiger partial charge in [-0.1, -0.05) is 20.3 Å². The van der Waals surface area contributed by atoms with E-state index >= 15 is 0 Å². The third kappa shape index (κ3) is 10.4. The van der Waals surface area contributed by atoms with Gasteiger partial charge in [0, 0.05) is 18.7 Å². The zero-order valence-corrected chi connectivity index (χ0v) is 23.1. The van der Waals surface area contributed by atoms with Crippen LogP contribution >= 0.6 is 12.6 Å². The van der Waals surface area contributed by atoms with Crippen molar-refractivity contribution in [2.24, 2.45) is 28.9 Å². The average Bonchev–Trinajstić information content (AvgIpc) is 3.37. The van der Waals surface area contributed by atoms with Crippen LogP contribution in [0, 0.1) is 5.92 Å². The standard InChI is InChI=1S/C23H40N8O7S/c1-3-11(2)18(26)22(37)28-12(6-7-16(24)32)20(35)29-13(9-17(25)33)21(36)30-14(10-39)23(38)31-8-4-5-15(31)19(27)34/h11-15,18,39H,3-10,26H2,1-2H3,(H2,24,32)(H2,25,33)(H2,27,34)(H,28,37)(H,29,35)(H,30,36)/t11-,12-,13-,14-,15-,18-/m0/s1. The topological polar surface area (TPSA) is 263 Å². The van der Waals surface area contributed by atoms with Crippen molar-refractivity contribution < 1.29 is 33.6 Å². The summed E-state index contributed by atoms with van der Waals surface area (Å²) in [4.78, 5) is 87.6. The summed E-state index contributed by atoms with van der Waals surface area (Å²) >= 11 is 4.11. The predicted molar refractivity (Wildman–Crippen MR) is 143 cm³/mol. The molecule has 1 aliphatic heterocycles. The maximum Gasteiger partial charge on any atom is 0.246 e. The lowest BCUT2D eigenvalue weighted by atomic mass is 9.98. The fourth-order valence-corrected chi connectivity index (χ4v) is 4.25. The van der Waals surface area contributed by atoms with Crippen molar-refractivity contribution in [1.29, 1.82) is 0 Å². The predicted octanol–water partition coefficient (Wildman–Crippen LogP) is -3.64. The SMILES string of the molecule is CC[C@H](C)[C@H](N)C(=O)N[C@@H](CCC(N)=O)C(=O)N[C@@H](CC(N)=O)C(=O)N[C@@H](CS)C(=O)N1CCC[C@H]1C(N)=O. The average molecular weight is 573 g/mol. The number of thiol groups is 1. The van der Waals surface area contributed by atoms with Crippen LogP contribution in [0.3, 0.4) is 0 Å². The first-order chi connectivity index (χ1) is 18.2. The molecule has 0 bridgehead atoms. The molecule has 1 heterocycles. The van der Waals surface area contributed by atoms with Gasteiger partial charge in [0.15, 0.2) is 0 Å². The number of amides is 7. The summed E-state index contributed by atoms with van der Waals surface area (Å²) in [7, 11) is 0. The van der Waals surface area contributed by atoms with Gasteiger partial charge in [-0.05, 0) is 25.2 Å². The molecule has 16 heteroatoms. The van der Waals surface area contributed by atoms with E-state index in [4.69, 9.17) is 22.9 Å². The fraction of sp³-hybridized carbons (Fsp3) is 0.696. The van der Waals surface area contributed by atoms with Gasteiger partial charge in [0.25, 0.3) is 0 Å². The normalized spacial score (nSPS) is 18.7. The Morgan fingerprint density at radius 1 is 0.897 bits per heavy atom. The van der Waals surface area contributed by atoms with Crippen LogP contribution in [0.2, 0.25) is 0 Å². The number of carbonyl (C=O) groups is 7. The molecule has 7 amide bonds. The lowest BCUT2D eigenvalue weighted by molar-refractivity contribution is -0.140. The number of hydrogen-bond donors (Lipinski definition) is 8. The van der Waals surface area contributed by atoms with Crippen LogP contribution in [0.5, 0.6) is 0 Å². The Hall–Kier alpha value is -3.40. The Kier molecular flexibility index (Phi) is 13.7. The van der Waals surface area contributed by atoms with E-state index in [-0.39, 0.29) is 31.1 Å². The number of likely N-dealkylation sites (tertiary alicyclic amines) is 1. The number of hydrogen-bond acceptors (Lipinski definition) is 9. The monoisotopic (exact) mass is 572 g/mol. The molecule has 0 aliphatic carbocycles. The smallest absolute Gasteiger partial charge is 0.246 e. The summed E-state index contributed by atoms with van der Waals surface area (Å²) in [6.07, 6.45) is 0.417. The highest BCUT2D eigenvalue weighted by Crippen LogP contribution is 2.18. The van der Waals surface area contributed by atoms with Crippen molar-refractivity contribution in [3.05, 3.63) is 0 Å². The van der Waals surface area contributed by atoms with Gasteiger partial charge in [-0.15, -0.1) is 0 Å². The van der Waals surface area contributed by atoms with E-state index in [0.29, 0.717) is 19.3 Å². The maximum absolute atomic E-state index is 13.1. The molecule has 1 saturated heterocycles. The highest BCUT2D eigenvalue weighted by molar-refractivity contribution is 7.80. The van der Waals surface area contributed by atoms with Crippen molar-refractivity contribution in [3.8, 4) is 0 Å². The molecule has 0 saturated carbocycles. The minimum Gasteiger partial charge on any atom is -0.370 e. The second-order valence-corrected chi connectivity index (χ2v) is 9.91. The second kappa shape index (κ2) is 15.9. The summed E-state index contributed by atoms with van der Waals surface area (Å²) in [5.41, 5.74) is 21.8. The summed E-state index contributed by atoms with van der Waals surface area (Å²) in [5, 5.41) is 7.22. The van der Waals surface area contributed by atoms with E-state index in [0.717, 1.165) is 0 Å². The Labute approximate surface area is 232 Å². The van der Waals surface area contributed by atoms with Crippen LogP contribution in [0.4, 0.5) is 0 Å². The molecule has 0 aromatic carbocycles. The van der Waals surface area contributed by atoms with Gasteiger partial charge in [0.2, 0.25) is 41.4 Å². The Morgan fingerprint density at radius 3 is 1.97 bits per heavy atom. The van der Waals surface area contributed by atoms with Crippen LogP contribution in [0.1, 0.15) is 52.4 Å². The maximum atomic E-state index is 13.1. The largest absolute Gasteiger partial charge is 0.370 e. The highest BCUT2D eigenvalue weighted by Gasteiger charge is 2.37. The number of nitrogens with one attached hydrogen (secondary N) is 3. The van der Waals surface area contributed by atoms with Gasteiger partial charge in [-0.25, -0.2) is 0 Å². The summed E-state index contributed by atoms with van der Waals surface area (Å²) in [6.45, 7) is 3.85. The Balaban J connectivity index is 3.06. The summed E-state index contributed by atoms with van der Waals surface area (Å²) < 4.78 is 0. The highest BCUT2D eigenvalue weighted by atomic mass is 32.1. The van der Waals surface area contributed by atoms with E-state index in [1.54, 1.807) is 6.92 Å². The summed E-state index contributed by atoms with van der Waals surface area (Å²) in [6, 6.07) is -5.82. The van der Waals surface area contributed by atoms with Crippen molar-refractivity contribution >= 4 is 54.0 Å². The third-order valence-electron chi connectivity index (χ3n) is 6.57. The molecule has 1 aliphatic rings. The fourth-order valence-electron chi connectivity index (χ4n) is 4.00. The lowest BCUT2D eigenvalue weighted by Gasteiger charge is -2.28. The molecular formula is C23H40N8O7S. The van der Waals surface area contributed by atoms with E-state index in [9.17, 15) is 33.6 Å². The van der Waals surface area contributed by atoms with Crippen LogP contribution in [-0.4, -0.2) is 88.8 Å². The number of carbonyl (C=O) groups excluding carboxylic acids is 7. The molecule has 39 heavy (non-hydrogen) atoms.